The van der Waals surface area contributed by atoms with Crippen LogP contribution in [0, 0.1) is 0 Å². The van der Waals surface area contributed by atoms with Gasteiger partial charge in [0.15, 0.2) is 0 Å². The Morgan fingerprint density at radius 2 is 2.00 bits per heavy atom. The van der Waals surface area contributed by atoms with E-state index in [1.165, 1.54) is 12.8 Å². The maximum absolute atomic E-state index is 5.68. The first-order chi connectivity index (χ1) is 6.84. The van der Waals surface area contributed by atoms with Crippen LogP contribution in [0.25, 0.3) is 0 Å². The number of nitrogens with zero attached hydrogens (tertiary/aromatic N) is 2. The molecular formula is C10H11BrN2O. The minimum absolute atomic E-state index is 0.397. The van der Waals surface area contributed by atoms with Crippen molar-refractivity contribution >= 4 is 15.9 Å². The van der Waals surface area contributed by atoms with Crippen molar-refractivity contribution in [3.8, 4) is 5.88 Å². The summed E-state index contributed by atoms with van der Waals surface area (Å²) >= 11 is 3.53. The molecule has 0 N–H and O–H groups in total. The largest absolute Gasteiger partial charge is 0.473 e. The van der Waals surface area contributed by atoms with E-state index in [-0.39, 0.29) is 0 Å². The Bertz CT molecular complexity index is 361. The van der Waals surface area contributed by atoms with Crippen LogP contribution in [0.3, 0.4) is 0 Å². The van der Waals surface area contributed by atoms with Crippen LogP contribution in [0.2, 0.25) is 0 Å². The van der Waals surface area contributed by atoms with E-state index in [2.05, 4.69) is 25.9 Å². The molecule has 3 rings (SSSR count). The van der Waals surface area contributed by atoms with Crippen molar-refractivity contribution in [1.29, 1.82) is 0 Å². The van der Waals surface area contributed by atoms with E-state index < -0.39 is 0 Å². The molecule has 74 valence electrons. The Labute approximate surface area is 91.0 Å². The molecular weight excluding hydrogens is 244 g/mol. The molecule has 2 aliphatic rings. The van der Waals surface area contributed by atoms with Gasteiger partial charge in [0.2, 0.25) is 5.88 Å². The first-order valence-corrected chi connectivity index (χ1v) is 5.81. The van der Waals surface area contributed by atoms with Crippen molar-refractivity contribution in [3.63, 3.8) is 0 Å². The molecule has 0 aromatic carbocycles. The molecule has 0 aliphatic heterocycles. The zero-order valence-corrected chi connectivity index (χ0v) is 9.33. The lowest BCUT2D eigenvalue weighted by Crippen LogP contribution is -2.01. The molecule has 0 saturated heterocycles. The Morgan fingerprint density at radius 1 is 1.21 bits per heavy atom. The van der Waals surface area contributed by atoms with Gasteiger partial charge in [-0.2, -0.15) is 0 Å². The van der Waals surface area contributed by atoms with Crippen molar-refractivity contribution in [1.82, 2.24) is 9.97 Å². The Balaban J connectivity index is 1.89. The molecule has 0 amide bonds. The van der Waals surface area contributed by atoms with E-state index in [4.69, 9.17) is 4.74 Å². The number of rotatable bonds is 3. The highest BCUT2D eigenvalue weighted by Gasteiger charge is 2.30. The average molecular weight is 255 g/mol. The summed E-state index contributed by atoms with van der Waals surface area (Å²) in [7, 11) is 0. The van der Waals surface area contributed by atoms with E-state index in [1.807, 2.05) is 0 Å². The van der Waals surface area contributed by atoms with Gasteiger partial charge in [0.05, 0.1) is 5.69 Å². The maximum Gasteiger partial charge on any atom is 0.231 e. The summed E-state index contributed by atoms with van der Waals surface area (Å²) < 4.78 is 6.64. The number of halogens is 1. The van der Waals surface area contributed by atoms with Gasteiger partial charge >= 0.3 is 0 Å². The lowest BCUT2D eigenvalue weighted by atomic mass is 10.3. The molecule has 0 bridgehead atoms. The molecule has 2 fully saturated rings. The maximum atomic E-state index is 5.68. The van der Waals surface area contributed by atoms with Crippen LogP contribution < -0.4 is 4.74 Å². The van der Waals surface area contributed by atoms with Crippen molar-refractivity contribution < 1.29 is 4.74 Å². The minimum atomic E-state index is 0.397. The van der Waals surface area contributed by atoms with E-state index >= 15 is 0 Å². The summed E-state index contributed by atoms with van der Waals surface area (Å²) in [5.74, 6) is 1.36. The Hall–Kier alpha value is -0.640. The molecule has 1 aromatic heterocycles. The zero-order valence-electron chi connectivity index (χ0n) is 7.74. The number of ether oxygens (including phenoxy) is 1. The zero-order chi connectivity index (χ0) is 9.54. The standard InChI is InChI=1S/C10H11BrN2O/c11-8-9(6-1-2-6)12-5-13-10(8)14-7-3-4-7/h5-7H,1-4H2. The summed E-state index contributed by atoms with van der Waals surface area (Å²) in [6.45, 7) is 0. The first-order valence-electron chi connectivity index (χ1n) is 5.01. The third-order valence-electron chi connectivity index (χ3n) is 2.55. The Kier molecular flexibility index (Phi) is 1.97. The van der Waals surface area contributed by atoms with Gasteiger partial charge < -0.3 is 4.74 Å². The van der Waals surface area contributed by atoms with Crippen LogP contribution in [-0.4, -0.2) is 16.1 Å². The number of hydrogen-bond acceptors (Lipinski definition) is 3. The van der Waals surface area contributed by atoms with Crippen molar-refractivity contribution in [2.45, 2.75) is 37.7 Å². The first kappa shape index (κ1) is 8.65. The summed E-state index contributed by atoms with van der Waals surface area (Å²) in [4.78, 5) is 8.44. The fraction of sp³-hybridized carbons (Fsp3) is 0.600. The predicted molar refractivity (Wildman–Crippen MR) is 55.4 cm³/mol. The van der Waals surface area contributed by atoms with Gasteiger partial charge in [-0.15, -0.1) is 0 Å². The van der Waals surface area contributed by atoms with Gasteiger partial charge in [-0.1, -0.05) is 0 Å². The summed E-state index contributed by atoms with van der Waals surface area (Å²) in [6.07, 6.45) is 6.82. The fourth-order valence-electron chi connectivity index (χ4n) is 1.43. The quantitative estimate of drug-likeness (QED) is 0.832. The molecule has 14 heavy (non-hydrogen) atoms. The molecule has 4 heteroatoms. The van der Waals surface area contributed by atoms with Crippen LogP contribution in [0.15, 0.2) is 10.8 Å². The highest BCUT2D eigenvalue weighted by molar-refractivity contribution is 9.10. The van der Waals surface area contributed by atoms with E-state index in [0.29, 0.717) is 12.0 Å². The van der Waals surface area contributed by atoms with Crippen molar-refractivity contribution in [2.24, 2.45) is 0 Å². The highest BCUT2D eigenvalue weighted by Crippen LogP contribution is 2.44. The molecule has 2 aliphatic carbocycles. The topological polar surface area (TPSA) is 35.0 Å². The van der Waals surface area contributed by atoms with E-state index in [0.717, 1.165) is 28.9 Å². The van der Waals surface area contributed by atoms with Gasteiger partial charge in [0, 0.05) is 5.92 Å². The van der Waals surface area contributed by atoms with Crippen LogP contribution in [-0.2, 0) is 0 Å². The third-order valence-corrected chi connectivity index (χ3v) is 3.30. The lowest BCUT2D eigenvalue weighted by molar-refractivity contribution is 0.287. The number of aromatic nitrogens is 2. The molecule has 3 nitrogen and oxygen atoms in total. The molecule has 2 saturated carbocycles. The monoisotopic (exact) mass is 254 g/mol. The van der Waals surface area contributed by atoms with Gasteiger partial charge in [0.25, 0.3) is 0 Å². The smallest absolute Gasteiger partial charge is 0.231 e. The number of hydrogen-bond donors (Lipinski definition) is 0. The second-order valence-electron chi connectivity index (χ2n) is 3.97. The van der Waals surface area contributed by atoms with Crippen LogP contribution in [0.4, 0.5) is 0 Å². The van der Waals surface area contributed by atoms with Gasteiger partial charge in [-0.25, -0.2) is 9.97 Å². The molecule has 0 unspecified atom stereocenters. The Morgan fingerprint density at radius 3 is 2.64 bits per heavy atom. The van der Waals surface area contributed by atoms with Crippen LogP contribution in [0.1, 0.15) is 37.3 Å². The SMILES string of the molecule is Brc1c(OC2CC2)ncnc1C1CC1. The van der Waals surface area contributed by atoms with Crippen LogP contribution in [0.5, 0.6) is 5.88 Å². The van der Waals surface area contributed by atoms with Crippen molar-refractivity contribution in [3.05, 3.63) is 16.5 Å². The normalized spacial score (nSPS) is 20.9. The van der Waals surface area contributed by atoms with Gasteiger partial charge in [-0.05, 0) is 41.6 Å². The predicted octanol–water partition coefficient (Wildman–Crippen LogP) is 2.66. The van der Waals surface area contributed by atoms with E-state index in [1.54, 1.807) is 6.33 Å². The molecule has 0 atom stereocenters. The minimum Gasteiger partial charge on any atom is -0.473 e. The summed E-state index contributed by atoms with van der Waals surface area (Å²) in [6, 6.07) is 0. The lowest BCUT2D eigenvalue weighted by Gasteiger charge is -2.07. The second kappa shape index (κ2) is 3.19. The third kappa shape index (κ3) is 1.63. The fourth-order valence-corrected chi connectivity index (χ4v) is 2.06. The van der Waals surface area contributed by atoms with Gasteiger partial charge in [-0.3, -0.25) is 0 Å². The van der Waals surface area contributed by atoms with Crippen molar-refractivity contribution in [2.75, 3.05) is 0 Å². The summed E-state index contributed by atoms with van der Waals surface area (Å²) in [5.41, 5.74) is 1.12. The second-order valence-corrected chi connectivity index (χ2v) is 4.76. The summed E-state index contributed by atoms with van der Waals surface area (Å²) in [5, 5.41) is 0. The molecule has 0 spiro atoms. The molecule has 0 radical (unpaired) electrons. The molecule has 1 heterocycles. The highest BCUT2D eigenvalue weighted by atomic mass is 79.9. The van der Waals surface area contributed by atoms with Crippen LogP contribution >= 0.6 is 15.9 Å². The average Bonchev–Trinajstić information content (AvgIpc) is 3.00. The van der Waals surface area contributed by atoms with E-state index in [9.17, 15) is 0 Å². The van der Waals surface area contributed by atoms with Gasteiger partial charge in [0.1, 0.15) is 16.9 Å². The molecule has 1 aromatic rings.